The second-order valence-electron chi connectivity index (χ2n) is 6.34. The summed E-state index contributed by atoms with van der Waals surface area (Å²) in [4.78, 5) is 28.4. The molecule has 2 N–H and O–H groups in total. The van der Waals surface area contributed by atoms with E-state index < -0.39 is 17.4 Å². The lowest BCUT2D eigenvalue weighted by Gasteiger charge is -2.20. The number of rotatable bonds is 4. The van der Waals surface area contributed by atoms with E-state index in [2.05, 4.69) is 4.98 Å². The van der Waals surface area contributed by atoms with Gasteiger partial charge in [0.25, 0.3) is 0 Å². The average molecular weight is 330 g/mol. The highest BCUT2D eigenvalue weighted by molar-refractivity contribution is 5.99. The summed E-state index contributed by atoms with van der Waals surface area (Å²) in [6.07, 6.45) is 1.33. The summed E-state index contributed by atoms with van der Waals surface area (Å²) in [7, 11) is 0. The van der Waals surface area contributed by atoms with E-state index in [9.17, 15) is 14.0 Å². The van der Waals surface area contributed by atoms with Crippen molar-refractivity contribution in [2.24, 2.45) is 0 Å². The van der Waals surface area contributed by atoms with Crippen LogP contribution < -0.4 is 5.73 Å². The molecule has 0 aliphatic rings. The molecule has 1 aromatic heterocycles. The van der Waals surface area contributed by atoms with Gasteiger partial charge in [-0.25, -0.2) is 14.2 Å². The molecule has 24 heavy (non-hydrogen) atoms. The van der Waals surface area contributed by atoms with Gasteiger partial charge in [-0.3, -0.25) is 4.79 Å². The van der Waals surface area contributed by atoms with E-state index >= 15 is 0 Å². The number of nitrogens with two attached hydrogens (primary N) is 1. The standard InChI is InChI=1S/C18H19FN2O3/c1-18(2,3)24-17(23)16-15(20)12(7-8-21-16)10-14(22)11-5-4-6-13(19)9-11/h4-9H,10,20H2,1-3H3. The molecule has 0 atom stereocenters. The predicted octanol–water partition coefficient (Wildman–Crippen LogP) is 3.18. The molecule has 2 rings (SSSR count). The van der Waals surface area contributed by atoms with Gasteiger partial charge in [0.05, 0.1) is 5.69 Å². The van der Waals surface area contributed by atoms with Crippen molar-refractivity contribution in [3.8, 4) is 0 Å². The molecular formula is C18H19FN2O3. The first kappa shape index (κ1) is 17.6. The Morgan fingerprint density at radius 3 is 2.58 bits per heavy atom. The van der Waals surface area contributed by atoms with Crippen molar-refractivity contribution in [2.75, 3.05) is 5.73 Å². The third-order valence-electron chi connectivity index (χ3n) is 3.17. The van der Waals surface area contributed by atoms with Crippen molar-refractivity contribution in [3.63, 3.8) is 0 Å². The van der Waals surface area contributed by atoms with Crippen LogP contribution in [0.2, 0.25) is 0 Å². The Labute approximate surface area is 139 Å². The molecular weight excluding hydrogens is 311 g/mol. The second kappa shape index (κ2) is 6.78. The summed E-state index contributed by atoms with van der Waals surface area (Å²) < 4.78 is 18.5. The molecule has 0 amide bonds. The molecule has 0 saturated heterocycles. The van der Waals surface area contributed by atoms with Crippen molar-refractivity contribution in [1.82, 2.24) is 4.98 Å². The molecule has 6 heteroatoms. The summed E-state index contributed by atoms with van der Waals surface area (Å²) in [5.74, 6) is -1.44. The van der Waals surface area contributed by atoms with E-state index in [0.29, 0.717) is 5.56 Å². The van der Waals surface area contributed by atoms with Crippen LogP contribution in [0.15, 0.2) is 36.5 Å². The van der Waals surface area contributed by atoms with Gasteiger partial charge in [-0.1, -0.05) is 12.1 Å². The molecule has 0 unspecified atom stereocenters. The highest BCUT2D eigenvalue weighted by Gasteiger charge is 2.22. The molecule has 1 heterocycles. The van der Waals surface area contributed by atoms with Crippen molar-refractivity contribution in [3.05, 3.63) is 59.2 Å². The number of ether oxygens (including phenoxy) is 1. The van der Waals surface area contributed by atoms with E-state index in [-0.39, 0.29) is 29.1 Å². The van der Waals surface area contributed by atoms with Gasteiger partial charge >= 0.3 is 5.97 Å². The highest BCUT2D eigenvalue weighted by Crippen LogP contribution is 2.20. The Bertz CT molecular complexity index is 782. The first-order valence-corrected chi connectivity index (χ1v) is 7.43. The molecule has 0 fully saturated rings. The summed E-state index contributed by atoms with van der Waals surface area (Å²) in [5.41, 5.74) is 6.03. The number of carbonyl (C=O) groups is 2. The van der Waals surface area contributed by atoms with Crippen molar-refractivity contribution < 1.29 is 18.7 Å². The lowest BCUT2D eigenvalue weighted by molar-refractivity contribution is 0.00639. The van der Waals surface area contributed by atoms with Gasteiger partial charge in [0, 0.05) is 18.2 Å². The van der Waals surface area contributed by atoms with E-state index in [4.69, 9.17) is 10.5 Å². The molecule has 0 radical (unpaired) electrons. The molecule has 2 aromatic rings. The third-order valence-corrected chi connectivity index (χ3v) is 3.17. The first-order valence-electron chi connectivity index (χ1n) is 7.43. The van der Waals surface area contributed by atoms with Crippen LogP contribution in [0.5, 0.6) is 0 Å². The fourth-order valence-electron chi connectivity index (χ4n) is 2.09. The number of aromatic nitrogens is 1. The van der Waals surface area contributed by atoms with Crippen LogP contribution in [0.25, 0.3) is 0 Å². The smallest absolute Gasteiger partial charge is 0.359 e. The number of anilines is 1. The lowest BCUT2D eigenvalue weighted by Crippen LogP contribution is -2.25. The normalized spacial score (nSPS) is 11.2. The van der Waals surface area contributed by atoms with E-state index in [1.54, 1.807) is 26.8 Å². The number of hydrogen-bond donors (Lipinski definition) is 1. The minimum atomic E-state index is -0.682. The largest absolute Gasteiger partial charge is 0.455 e. The number of esters is 1. The highest BCUT2D eigenvalue weighted by atomic mass is 19.1. The monoisotopic (exact) mass is 330 g/mol. The van der Waals surface area contributed by atoms with Crippen LogP contribution in [0.4, 0.5) is 10.1 Å². The second-order valence-corrected chi connectivity index (χ2v) is 6.34. The topological polar surface area (TPSA) is 82.3 Å². The quantitative estimate of drug-likeness (QED) is 0.688. The summed E-state index contributed by atoms with van der Waals surface area (Å²) in [5, 5.41) is 0. The SMILES string of the molecule is CC(C)(C)OC(=O)c1nccc(CC(=O)c2cccc(F)c2)c1N. The number of nitrogen functional groups attached to an aromatic ring is 1. The molecule has 5 nitrogen and oxygen atoms in total. The number of hydrogen-bond acceptors (Lipinski definition) is 5. The van der Waals surface area contributed by atoms with E-state index in [0.717, 1.165) is 6.07 Å². The van der Waals surface area contributed by atoms with Gasteiger partial charge in [-0.05, 0) is 44.5 Å². The number of nitrogens with zero attached hydrogens (tertiary/aromatic N) is 1. The Kier molecular flexibility index (Phi) is 4.97. The van der Waals surface area contributed by atoms with Crippen LogP contribution >= 0.6 is 0 Å². The van der Waals surface area contributed by atoms with Crippen LogP contribution in [0, 0.1) is 5.82 Å². The Morgan fingerprint density at radius 2 is 1.96 bits per heavy atom. The van der Waals surface area contributed by atoms with Gasteiger partial charge in [-0.15, -0.1) is 0 Å². The van der Waals surface area contributed by atoms with Crippen LogP contribution in [0.3, 0.4) is 0 Å². The summed E-state index contributed by atoms with van der Waals surface area (Å²) in [6, 6.07) is 6.97. The van der Waals surface area contributed by atoms with Crippen LogP contribution in [-0.2, 0) is 11.2 Å². The Balaban J connectivity index is 2.24. The molecule has 126 valence electrons. The fraction of sp³-hybridized carbons (Fsp3) is 0.278. The minimum absolute atomic E-state index is 0.0329. The summed E-state index contributed by atoms with van der Waals surface area (Å²) >= 11 is 0. The van der Waals surface area contributed by atoms with Gasteiger partial charge in [0.15, 0.2) is 11.5 Å². The fourth-order valence-corrected chi connectivity index (χ4v) is 2.09. The number of benzene rings is 1. The van der Waals surface area contributed by atoms with Crippen molar-refractivity contribution in [2.45, 2.75) is 32.8 Å². The maximum Gasteiger partial charge on any atom is 0.359 e. The van der Waals surface area contributed by atoms with Gasteiger partial charge in [0.2, 0.25) is 0 Å². The van der Waals surface area contributed by atoms with Crippen LogP contribution in [-0.4, -0.2) is 22.3 Å². The number of halogens is 1. The van der Waals surface area contributed by atoms with Crippen molar-refractivity contribution in [1.29, 1.82) is 0 Å². The molecule has 0 bridgehead atoms. The van der Waals surface area contributed by atoms with Gasteiger partial charge in [0.1, 0.15) is 11.4 Å². The zero-order valence-corrected chi connectivity index (χ0v) is 13.8. The maximum absolute atomic E-state index is 13.2. The minimum Gasteiger partial charge on any atom is -0.455 e. The predicted molar refractivity (Wildman–Crippen MR) is 88.3 cm³/mol. The maximum atomic E-state index is 13.2. The van der Waals surface area contributed by atoms with Crippen LogP contribution in [0.1, 0.15) is 47.2 Å². The number of Topliss-reactive ketones (excluding diaryl/α,β-unsaturated/α-hetero) is 1. The Morgan fingerprint density at radius 1 is 1.25 bits per heavy atom. The zero-order valence-electron chi connectivity index (χ0n) is 13.8. The number of ketones is 1. The molecule has 0 aliphatic carbocycles. The van der Waals surface area contributed by atoms with E-state index in [1.807, 2.05) is 0 Å². The Hall–Kier alpha value is -2.76. The molecule has 0 aliphatic heterocycles. The molecule has 0 saturated carbocycles. The average Bonchev–Trinajstić information content (AvgIpc) is 2.47. The third kappa shape index (κ3) is 4.38. The van der Waals surface area contributed by atoms with Gasteiger partial charge < -0.3 is 10.5 Å². The van der Waals surface area contributed by atoms with Crippen molar-refractivity contribution >= 4 is 17.4 Å². The molecule has 0 spiro atoms. The lowest BCUT2D eigenvalue weighted by atomic mass is 10.0. The zero-order chi connectivity index (χ0) is 17.9. The number of carbonyl (C=O) groups excluding carboxylic acids is 2. The number of pyridine rings is 1. The molecule has 1 aromatic carbocycles. The summed E-state index contributed by atoms with van der Waals surface area (Å²) in [6.45, 7) is 5.20. The van der Waals surface area contributed by atoms with E-state index in [1.165, 1.54) is 24.4 Å². The van der Waals surface area contributed by atoms with Gasteiger partial charge in [-0.2, -0.15) is 0 Å². The first-order chi connectivity index (χ1) is 11.2.